The number of nitrogen functional groups attached to an aromatic ring is 1. The van der Waals surface area contributed by atoms with E-state index in [1.54, 1.807) is 0 Å². The van der Waals surface area contributed by atoms with Gasteiger partial charge in [0.05, 0.1) is 90.1 Å². The van der Waals surface area contributed by atoms with Gasteiger partial charge < -0.3 is 64.5 Å². The highest BCUT2D eigenvalue weighted by atomic mass is 16.5. The van der Waals surface area contributed by atoms with Gasteiger partial charge in [-0.2, -0.15) is 0 Å². The van der Waals surface area contributed by atoms with Crippen molar-refractivity contribution < 1.29 is 53.0 Å². The summed E-state index contributed by atoms with van der Waals surface area (Å²) in [7, 11) is 0. The first-order valence-corrected chi connectivity index (χ1v) is 33.8. The van der Waals surface area contributed by atoms with E-state index in [0.29, 0.717) is 116 Å². The van der Waals surface area contributed by atoms with E-state index in [2.05, 4.69) is 99.1 Å². The number of rotatable bonds is 43. The number of piperazine rings is 1. The Bertz CT molecular complexity index is 2810. The molecule has 2 aromatic heterocycles. The number of anilines is 1. The minimum atomic E-state index is -0.711. The van der Waals surface area contributed by atoms with Crippen LogP contribution in [0.3, 0.4) is 0 Å². The number of aliphatic hydroxyl groups excluding tert-OH is 2. The van der Waals surface area contributed by atoms with Gasteiger partial charge in [-0.1, -0.05) is 91.7 Å². The Hall–Kier alpha value is -5.15. The lowest BCUT2D eigenvalue weighted by Gasteiger charge is -2.38. The average Bonchev–Trinajstić information content (AvgIpc) is 1.86. The fourth-order valence-electron chi connectivity index (χ4n) is 12.4. The number of hydrogen-bond acceptors (Lipinski definition) is 15. The second-order valence-corrected chi connectivity index (χ2v) is 26.8. The van der Waals surface area contributed by atoms with Crippen molar-refractivity contribution in [1.82, 2.24) is 35.0 Å². The lowest BCUT2D eigenvalue weighted by molar-refractivity contribution is -0.134. The number of carbonyl (C=O) groups is 3. The van der Waals surface area contributed by atoms with Crippen LogP contribution in [-0.2, 0) is 52.7 Å². The van der Waals surface area contributed by atoms with Crippen LogP contribution in [0.5, 0.6) is 11.5 Å². The number of pyridine rings is 1. The van der Waals surface area contributed by atoms with E-state index in [4.69, 9.17) is 34.2 Å². The minimum absolute atomic E-state index is 0.0360. The number of carbonyl (C=O) groups excluding carboxylic acids is 3. The maximum absolute atomic E-state index is 12.9. The van der Waals surface area contributed by atoms with Gasteiger partial charge in [-0.3, -0.25) is 19.3 Å². The molecule has 0 saturated carbocycles. The summed E-state index contributed by atoms with van der Waals surface area (Å²) in [6.45, 7) is 30.0. The van der Waals surface area contributed by atoms with E-state index in [1.165, 1.54) is 62.5 Å². The first-order chi connectivity index (χ1) is 42.7. The van der Waals surface area contributed by atoms with Gasteiger partial charge in [-0.25, -0.2) is 9.97 Å². The molecule has 89 heavy (non-hydrogen) atoms. The molecular weight excluding hydrogens is 1130 g/mol. The number of benzene rings is 2. The second-order valence-electron chi connectivity index (χ2n) is 26.8. The predicted octanol–water partition coefficient (Wildman–Crippen LogP) is 9.93. The van der Waals surface area contributed by atoms with Gasteiger partial charge in [-0.15, -0.1) is 0 Å². The van der Waals surface area contributed by atoms with E-state index >= 15 is 0 Å². The molecule has 19 nitrogen and oxygen atoms in total. The van der Waals surface area contributed by atoms with Crippen LogP contribution in [0.25, 0.3) is 21.9 Å². The molecule has 6 rings (SSSR count). The zero-order valence-electron chi connectivity index (χ0n) is 56.3. The summed E-state index contributed by atoms with van der Waals surface area (Å²) in [5, 5.41) is 26.6. The Morgan fingerprint density at radius 3 is 1.97 bits per heavy atom. The smallest absolute Gasteiger partial charge is 0.224 e. The van der Waals surface area contributed by atoms with Gasteiger partial charge in [0.25, 0.3) is 0 Å². The van der Waals surface area contributed by atoms with Gasteiger partial charge in [0.2, 0.25) is 17.7 Å². The number of aliphatic hydroxyl groups is 2. The Morgan fingerprint density at radius 1 is 0.719 bits per heavy atom. The van der Waals surface area contributed by atoms with Gasteiger partial charge in [-0.05, 0) is 132 Å². The Balaban J connectivity index is 0.704. The molecule has 2 aliphatic heterocycles. The molecule has 0 bridgehead atoms. The third kappa shape index (κ3) is 23.5. The van der Waals surface area contributed by atoms with Gasteiger partial charge in [0.1, 0.15) is 28.4 Å². The summed E-state index contributed by atoms with van der Waals surface area (Å²) >= 11 is 0. The molecule has 6 N–H and O–H groups in total. The van der Waals surface area contributed by atoms with Crippen LogP contribution < -0.4 is 25.8 Å². The molecule has 0 radical (unpaired) electrons. The number of nitrogens with two attached hydrogens (primary N) is 1. The van der Waals surface area contributed by atoms with Crippen molar-refractivity contribution in [2.24, 2.45) is 23.2 Å². The summed E-state index contributed by atoms with van der Waals surface area (Å²) < 4.78 is 37.7. The fraction of sp³-hybridized carbons (Fsp3) is 0.729. The number of aromatic nitrogens is 3. The lowest BCUT2D eigenvalue weighted by atomic mass is 9.83. The molecule has 1 saturated heterocycles. The van der Waals surface area contributed by atoms with Gasteiger partial charge >= 0.3 is 0 Å². The normalized spacial score (nSPS) is 16.3. The van der Waals surface area contributed by atoms with E-state index in [9.17, 15) is 24.6 Å². The molecule has 3 atom stereocenters. The Kier molecular flexibility index (Phi) is 30.6. The van der Waals surface area contributed by atoms with Crippen molar-refractivity contribution >= 4 is 45.5 Å². The molecule has 1 fully saturated rings. The summed E-state index contributed by atoms with van der Waals surface area (Å²) in [6, 6.07) is 6.28. The van der Waals surface area contributed by atoms with Crippen LogP contribution in [0, 0.1) is 50.9 Å². The Labute approximate surface area is 532 Å². The first kappa shape index (κ1) is 72.9. The van der Waals surface area contributed by atoms with Gasteiger partial charge in [0.15, 0.2) is 5.82 Å². The maximum Gasteiger partial charge on any atom is 0.224 e. The minimum Gasteiger partial charge on any atom is -0.493 e. The average molecular weight is 1240 g/mol. The number of nitrogens with zero attached hydrogens (tertiary/aromatic N) is 5. The summed E-state index contributed by atoms with van der Waals surface area (Å²) in [5.74, 6) is 5.42. The summed E-state index contributed by atoms with van der Waals surface area (Å²) in [4.78, 5) is 51.4. The highest BCUT2D eigenvalue weighted by molar-refractivity contribution is 6.06. The number of amides is 3. The summed E-state index contributed by atoms with van der Waals surface area (Å²) in [5.41, 5.74) is 13.7. The topological polar surface area (TPSA) is 234 Å². The SMILES string of the molecule is Cc1c(C)c2c(c(C)c1OCCCC(=O)NCCOCCOCCC(=O)NCCOCCOCCC(=O)N1CCN(CCCc3ccc4c(c3)nc(N)c3nc(C)n(CC(C)(CO)CO)c34)CC1)CC[C@@](C)(CCC[C@H](C)CCC[C@H](C)CCCC(C)C)O2. The van der Waals surface area contributed by atoms with Crippen LogP contribution in [0.4, 0.5) is 5.82 Å². The first-order valence-electron chi connectivity index (χ1n) is 33.8. The van der Waals surface area contributed by atoms with Crippen molar-refractivity contribution in [3.05, 3.63) is 51.8 Å². The zero-order chi connectivity index (χ0) is 64.3. The monoisotopic (exact) mass is 1240 g/mol. The molecule has 0 spiro atoms. The number of aryl methyl sites for hydroxylation is 2. The number of fused-ring (bicyclic) bond motifs is 4. The molecule has 19 heteroatoms. The number of ether oxygens (including phenoxy) is 6. The van der Waals surface area contributed by atoms with E-state index in [-0.39, 0.29) is 49.6 Å². The number of imidazole rings is 1. The van der Waals surface area contributed by atoms with Crippen molar-refractivity contribution in [3.8, 4) is 11.5 Å². The standard InChI is InChI=1S/C70H114N8O11/c1-50(2)16-11-17-51(3)18-12-19-52(4)20-13-28-70(10)29-25-58-55(7)66(53(5)54(6)67(58)89-70)88-37-15-22-61(81)72-30-40-86-44-42-84-38-26-62(82)73-31-41-87-45-43-85-39-27-63(83)77-35-33-76(34-36-77)32-14-21-57-23-24-59-60(46-57)75-68(71)64-65(59)78(56(8)74-64)47-69(9,48-79)49-80/h23-24,46,50-52,79-80H,11-22,25-45,47-49H2,1-10H3,(H2,71,75)(H,72,81)(H,73,82)/t51-,52-,70-/m1/s1. The van der Waals surface area contributed by atoms with Crippen LogP contribution >= 0.6 is 0 Å². The molecule has 500 valence electrons. The lowest BCUT2D eigenvalue weighted by Crippen LogP contribution is -2.49. The molecule has 0 unspecified atom stereocenters. The fourth-order valence-corrected chi connectivity index (χ4v) is 12.4. The van der Waals surface area contributed by atoms with Crippen molar-refractivity contribution in [3.63, 3.8) is 0 Å². The third-order valence-corrected chi connectivity index (χ3v) is 18.4. The maximum atomic E-state index is 12.9. The highest BCUT2D eigenvalue weighted by Gasteiger charge is 2.35. The van der Waals surface area contributed by atoms with Gasteiger partial charge in [0, 0.05) is 75.0 Å². The predicted molar refractivity (Wildman–Crippen MR) is 354 cm³/mol. The molecule has 2 aliphatic rings. The molecule has 0 aliphatic carbocycles. The Morgan fingerprint density at radius 2 is 1.33 bits per heavy atom. The largest absolute Gasteiger partial charge is 0.493 e. The second kappa shape index (κ2) is 37.4. The number of nitrogens with one attached hydrogen (secondary N) is 2. The number of hydrogen-bond donors (Lipinski definition) is 5. The molecule has 4 heterocycles. The molecule has 2 aromatic carbocycles. The van der Waals surface area contributed by atoms with Crippen LogP contribution in [0.15, 0.2) is 18.2 Å². The van der Waals surface area contributed by atoms with Crippen LogP contribution in [0.1, 0.15) is 171 Å². The zero-order valence-corrected chi connectivity index (χ0v) is 56.3. The van der Waals surface area contributed by atoms with E-state index < -0.39 is 5.41 Å². The highest BCUT2D eigenvalue weighted by Crippen LogP contribution is 2.45. The summed E-state index contributed by atoms with van der Waals surface area (Å²) in [6.07, 6.45) is 17.0. The van der Waals surface area contributed by atoms with Crippen molar-refractivity contribution in [2.75, 3.05) is 124 Å². The third-order valence-electron chi connectivity index (χ3n) is 18.4. The molecular formula is C70H114N8O11. The molecule has 4 aromatic rings. The van der Waals surface area contributed by atoms with Crippen molar-refractivity contribution in [2.45, 2.75) is 191 Å². The van der Waals surface area contributed by atoms with E-state index in [0.717, 1.165) is 120 Å². The van der Waals surface area contributed by atoms with Crippen LogP contribution in [0.2, 0.25) is 0 Å². The van der Waals surface area contributed by atoms with Crippen LogP contribution in [-0.4, -0.2) is 176 Å². The quantitative estimate of drug-likeness (QED) is 0.0260. The van der Waals surface area contributed by atoms with E-state index in [1.807, 2.05) is 23.3 Å². The molecule has 3 amide bonds. The van der Waals surface area contributed by atoms with Crippen molar-refractivity contribution in [1.29, 1.82) is 0 Å².